The van der Waals surface area contributed by atoms with Gasteiger partial charge in [-0.25, -0.2) is 9.38 Å². The number of thiophene rings is 1. The second-order valence-corrected chi connectivity index (χ2v) is 12.5. The predicted octanol–water partition coefficient (Wildman–Crippen LogP) is 7.58. The number of para-hydroxylation sites is 2. The normalized spacial score (nSPS) is 12.7. The molecule has 40 heavy (non-hydrogen) atoms. The van der Waals surface area contributed by atoms with Crippen LogP contribution in [0.25, 0.3) is 15.9 Å². The molecule has 3 heterocycles. The van der Waals surface area contributed by atoms with Gasteiger partial charge in [0.25, 0.3) is 0 Å². The fraction of sp³-hybridized carbons (Fsp3) is 0.161. The van der Waals surface area contributed by atoms with Crippen LogP contribution in [0.4, 0.5) is 11.4 Å². The number of rotatable bonds is 8. The lowest BCUT2D eigenvalue weighted by Gasteiger charge is -2.22. The first-order chi connectivity index (χ1) is 19.8. The average molecular weight is 580 g/mol. The standard InChI is InChI=1S/C31H25N5OS3/c37-26(35(22-13-6-2-7-14-22)23-15-8-3-9-16-23)20-39-31-34-33-28-27-24-17-10-18-25(24)40-29(27)32-30(36(28)31)38-19-21-11-4-1-5-12-21/h1-9,11-16H,10,17-20H2. The van der Waals surface area contributed by atoms with Gasteiger partial charge >= 0.3 is 0 Å². The zero-order valence-electron chi connectivity index (χ0n) is 21.6. The summed E-state index contributed by atoms with van der Waals surface area (Å²) in [5.41, 5.74) is 5.12. The highest BCUT2D eigenvalue weighted by Gasteiger charge is 2.26. The Morgan fingerprint density at radius 3 is 2.20 bits per heavy atom. The molecule has 3 aromatic carbocycles. The molecule has 0 bridgehead atoms. The number of carbonyl (C=O) groups is 1. The van der Waals surface area contributed by atoms with Gasteiger partial charge in [-0.1, -0.05) is 90.3 Å². The van der Waals surface area contributed by atoms with Crippen molar-refractivity contribution in [1.29, 1.82) is 0 Å². The van der Waals surface area contributed by atoms with Crippen molar-refractivity contribution in [2.75, 3.05) is 10.7 Å². The number of thioether (sulfide) groups is 2. The van der Waals surface area contributed by atoms with Gasteiger partial charge in [0.2, 0.25) is 5.91 Å². The zero-order chi connectivity index (χ0) is 26.9. The second kappa shape index (κ2) is 11.1. The molecule has 0 N–H and O–H groups in total. The van der Waals surface area contributed by atoms with Crippen molar-refractivity contribution in [2.45, 2.75) is 35.3 Å². The molecule has 0 unspecified atom stereocenters. The van der Waals surface area contributed by atoms with Crippen molar-refractivity contribution in [2.24, 2.45) is 0 Å². The molecule has 0 radical (unpaired) electrons. The van der Waals surface area contributed by atoms with E-state index in [0.29, 0.717) is 5.16 Å². The summed E-state index contributed by atoms with van der Waals surface area (Å²) in [7, 11) is 0. The highest BCUT2D eigenvalue weighted by Crippen LogP contribution is 2.41. The minimum Gasteiger partial charge on any atom is -0.280 e. The number of benzene rings is 3. The van der Waals surface area contributed by atoms with Crippen LogP contribution in [-0.2, 0) is 23.4 Å². The molecule has 0 saturated heterocycles. The van der Waals surface area contributed by atoms with Crippen molar-refractivity contribution in [3.63, 3.8) is 0 Å². The Balaban J connectivity index is 1.24. The lowest BCUT2D eigenvalue weighted by Crippen LogP contribution is -2.27. The number of aromatic nitrogens is 4. The first kappa shape index (κ1) is 25.3. The van der Waals surface area contributed by atoms with Gasteiger partial charge in [0, 0.05) is 22.0 Å². The predicted molar refractivity (Wildman–Crippen MR) is 165 cm³/mol. The van der Waals surface area contributed by atoms with E-state index >= 15 is 0 Å². The van der Waals surface area contributed by atoms with E-state index in [1.54, 1.807) is 28.0 Å². The minimum absolute atomic E-state index is 0.0249. The molecule has 0 spiro atoms. The van der Waals surface area contributed by atoms with Crippen molar-refractivity contribution in [1.82, 2.24) is 19.6 Å². The fourth-order valence-corrected chi connectivity index (χ4v) is 8.23. The number of anilines is 2. The number of carbonyl (C=O) groups excluding carboxylic acids is 1. The van der Waals surface area contributed by atoms with E-state index in [0.717, 1.165) is 51.0 Å². The van der Waals surface area contributed by atoms with Crippen LogP contribution < -0.4 is 4.90 Å². The van der Waals surface area contributed by atoms with Gasteiger partial charge in [0.15, 0.2) is 16.0 Å². The molecule has 6 nitrogen and oxygen atoms in total. The van der Waals surface area contributed by atoms with E-state index in [9.17, 15) is 4.79 Å². The average Bonchev–Trinajstić information content (AvgIpc) is 3.71. The van der Waals surface area contributed by atoms with Crippen LogP contribution in [-0.4, -0.2) is 31.2 Å². The third-order valence-corrected chi connectivity index (χ3v) is 10.1. The summed E-state index contributed by atoms with van der Waals surface area (Å²) in [6.45, 7) is 0. The first-order valence-corrected chi connectivity index (χ1v) is 16.0. The molecule has 6 aromatic rings. The van der Waals surface area contributed by atoms with Crippen LogP contribution in [0, 0.1) is 0 Å². The monoisotopic (exact) mass is 579 g/mol. The van der Waals surface area contributed by atoms with E-state index in [1.807, 2.05) is 66.7 Å². The van der Waals surface area contributed by atoms with E-state index in [-0.39, 0.29) is 11.7 Å². The molecule has 0 atom stereocenters. The van der Waals surface area contributed by atoms with E-state index < -0.39 is 0 Å². The maximum Gasteiger partial charge on any atom is 0.242 e. The molecular weight excluding hydrogens is 555 g/mol. The third-order valence-electron chi connectivity index (χ3n) is 6.96. The van der Waals surface area contributed by atoms with Gasteiger partial charge in [0.05, 0.1) is 11.1 Å². The summed E-state index contributed by atoms with van der Waals surface area (Å²) >= 11 is 4.88. The van der Waals surface area contributed by atoms with Gasteiger partial charge in [0.1, 0.15) is 4.83 Å². The summed E-state index contributed by atoms with van der Waals surface area (Å²) < 4.78 is 2.06. The van der Waals surface area contributed by atoms with E-state index in [1.165, 1.54) is 34.2 Å². The Bertz CT molecular complexity index is 1760. The summed E-state index contributed by atoms with van der Waals surface area (Å²) in [4.78, 5) is 23.1. The number of nitrogens with zero attached hydrogens (tertiary/aromatic N) is 5. The second-order valence-electron chi connectivity index (χ2n) is 9.54. The van der Waals surface area contributed by atoms with E-state index in [4.69, 9.17) is 4.98 Å². The molecule has 1 amide bonds. The Kier molecular flexibility index (Phi) is 7.01. The van der Waals surface area contributed by atoms with Crippen LogP contribution in [0.1, 0.15) is 22.4 Å². The van der Waals surface area contributed by atoms with Gasteiger partial charge in [-0.15, -0.1) is 21.5 Å². The molecule has 0 aliphatic heterocycles. The van der Waals surface area contributed by atoms with Gasteiger partial charge < -0.3 is 0 Å². The molecule has 0 fully saturated rings. The number of aryl methyl sites for hydroxylation is 2. The van der Waals surface area contributed by atoms with Gasteiger partial charge in [-0.05, 0) is 54.7 Å². The van der Waals surface area contributed by atoms with Crippen molar-refractivity contribution in [3.8, 4) is 0 Å². The highest BCUT2D eigenvalue weighted by molar-refractivity contribution is 8.00. The number of fused-ring (bicyclic) bond motifs is 5. The van der Waals surface area contributed by atoms with Crippen LogP contribution in [0.15, 0.2) is 101 Å². The van der Waals surface area contributed by atoms with Crippen molar-refractivity contribution < 1.29 is 4.79 Å². The summed E-state index contributed by atoms with van der Waals surface area (Å²) in [5, 5.41) is 11.9. The van der Waals surface area contributed by atoms with Crippen molar-refractivity contribution in [3.05, 3.63) is 107 Å². The Hall–Kier alpha value is -3.66. The number of hydrogen-bond acceptors (Lipinski definition) is 7. The van der Waals surface area contributed by atoms with Crippen LogP contribution >= 0.6 is 34.9 Å². The van der Waals surface area contributed by atoms with Gasteiger partial charge in [-0.3, -0.25) is 9.69 Å². The highest BCUT2D eigenvalue weighted by atomic mass is 32.2. The Morgan fingerprint density at radius 2 is 1.50 bits per heavy atom. The maximum absolute atomic E-state index is 13.7. The molecule has 3 aromatic heterocycles. The molecule has 198 valence electrons. The van der Waals surface area contributed by atoms with Crippen LogP contribution in [0.2, 0.25) is 0 Å². The van der Waals surface area contributed by atoms with Crippen molar-refractivity contribution >= 4 is 68.0 Å². The zero-order valence-corrected chi connectivity index (χ0v) is 24.0. The summed E-state index contributed by atoms with van der Waals surface area (Å²) in [6, 6.07) is 29.9. The lowest BCUT2D eigenvalue weighted by atomic mass is 10.2. The quantitative estimate of drug-likeness (QED) is 0.137. The first-order valence-electron chi connectivity index (χ1n) is 13.2. The summed E-state index contributed by atoms with van der Waals surface area (Å²) in [6.07, 6.45) is 3.33. The topological polar surface area (TPSA) is 63.4 Å². The third kappa shape index (κ3) is 4.78. The van der Waals surface area contributed by atoms with Gasteiger partial charge in [-0.2, -0.15) is 0 Å². The van der Waals surface area contributed by atoms with E-state index in [2.05, 4.69) is 38.9 Å². The lowest BCUT2D eigenvalue weighted by molar-refractivity contribution is -0.115. The molecule has 7 rings (SSSR count). The SMILES string of the molecule is O=C(CSc1nnc2c3c4c(sc3nc(SCc3ccccc3)n12)CCC4)N(c1ccccc1)c1ccccc1. The smallest absolute Gasteiger partial charge is 0.242 e. The Morgan fingerprint density at radius 1 is 0.825 bits per heavy atom. The molecular formula is C31H25N5OS3. The molecule has 9 heteroatoms. The molecule has 1 aliphatic carbocycles. The van der Waals surface area contributed by atoms with Crippen LogP contribution in [0.5, 0.6) is 0 Å². The fourth-order valence-electron chi connectivity index (χ4n) is 5.13. The molecule has 1 aliphatic rings. The maximum atomic E-state index is 13.7. The summed E-state index contributed by atoms with van der Waals surface area (Å²) in [5.74, 6) is 0.979. The largest absolute Gasteiger partial charge is 0.280 e. The number of amides is 1. The minimum atomic E-state index is -0.0249. The molecule has 0 saturated carbocycles. The van der Waals surface area contributed by atoms with Crippen LogP contribution in [0.3, 0.4) is 0 Å². The Labute approximate surface area is 244 Å². The number of hydrogen-bond donors (Lipinski definition) is 0.